The maximum atomic E-state index is 13.8. The summed E-state index contributed by atoms with van der Waals surface area (Å²) in [4.78, 5) is 28.8. The predicted octanol–water partition coefficient (Wildman–Crippen LogP) is 5.30. The molecule has 0 aliphatic carbocycles. The Kier molecular flexibility index (Phi) is 11.3. The second-order valence-electron chi connectivity index (χ2n) is 9.93. The molecule has 214 valence electrons. The molecule has 0 radical (unpaired) electrons. The van der Waals surface area contributed by atoms with Gasteiger partial charge in [0.25, 0.3) is 0 Å². The fourth-order valence-electron chi connectivity index (χ4n) is 4.33. The maximum Gasteiger partial charge on any atom is 0.243 e. The van der Waals surface area contributed by atoms with E-state index in [2.05, 4.69) is 21.2 Å². The Balaban J connectivity index is 1.87. The summed E-state index contributed by atoms with van der Waals surface area (Å²) in [5, 5.41) is 2.96. The van der Waals surface area contributed by atoms with Gasteiger partial charge in [0, 0.05) is 36.4 Å². The van der Waals surface area contributed by atoms with Gasteiger partial charge in [0.1, 0.15) is 11.9 Å². The molecule has 1 N–H and O–H groups in total. The van der Waals surface area contributed by atoms with Crippen LogP contribution in [0.5, 0.6) is 0 Å². The first-order valence-corrected chi connectivity index (χ1v) is 15.7. The molecule has 0 aliphatic rings. The molecular formula is C30H35BrFN3O4S. The van der Waals surface area contributed by atoms with E-state index in [1.807, 2.05) is 68.4 Å². The fourth-order valence-corrected chi connectivity index (χ4v) is 5.56. The Hall–Kier alpha value is -3.24. The molecule has 0 aromatic heterocycles. The molecular weight excluding hydrogens is 597 g/mol. The number of hydrogen-bond donors (Lipinski definition) is 1. The van der Waals surface area contributed by atoms with Crippen LogP contribution in [0.3, 0.4) is 0 Å². The average molecular weight is 633 g/mol. The quantitative estimate of drug-likeness (QED) is 0.277. The minimum Gasteiger partial charge on any atom is -0.352 e. The number of anilines is 1. The molecule has 0 fully saturated rings. The van der Waals surface area contributed by atoms with Crippen molar-refractivity contribution in [3.05, 3.63) is 100 Å². The number of nitrogens with zero attached hydrogens (tertiary/aromatic N) is 2. The normalized spacial score (nSPS) is 12.2. The van der Waals surface area contributed by atoms with Crippen LogP contribution in [0.2, 0.25) is 0 Å². The standard InChI is InChI=1S/C30H35BrFN3O4S/c1-22(2)33-30(37)28(20-23-8-5-4-6-9-23)34(21-24-11-13-25(31)14-12-24)29(36)10-7-19-35(40(3,38)39)27-17-15-26(32)16-18-27/h4-6,8-9,11-18,22,28H,7,10,19-21H2,1-3H3,(H,33,37). The maximum absolute atomic E-state index is 13.8. The number of carbonyl (C=O) groups excluding carboxylic acids is 2. The molecule has 0 saturated carbocycles. The number of amides is 2. The van der Waals surface area contributed by atoms with E-state index >= 15 is 0 Å². The molecule has 1 atom stereocenters. The Morgan fingerprint density at radius 1 is 0.925 bits per heavy atom. The summed E-state index contributed by atoms with van der Waals surface area (Å²) < 4.78 is 40.4. The van der Waals surface area contributed by atoms with Crippen LogP contribution in [0.25, 0.3) is 0 Å². The summed E-state index contributed by atoms with van der Waals surface area (Å²) in [6, 6.07) is 21.4. The Morgan fingerprint density at radius 3 is 2.12 bits per heavy atom. The highest BCUT2D eigenvalue weighted by Crippen LogP contribution is 2.21. The lowest BCUT2D eigenvalue weighted by Crippen LogP contribution is -2.51. The molecule has 1 unspecified atom stereocenters. The molecule has 3 rings (SSSR count). The molecule has 0 bridgehead atoms. The number of carbonyl (C=O) groups is 2. The van der Waals surface area contributed by atoms with Gasteiger partial charge in [-0.3, -0.25) is 13.9 Å². The summed E-state index contributed by atoms with van der Waals surface area (Å²) in [6.07, 6.45) is 1.63. The van der Waals surface area contributed by atoms with Gasteiger partial charge in [-0.2, -0.15) is 0 Å². The molecule has 3 aromatic rings. The van der Waals surface area contributed by atoms with Gasteiger partial charge in [0.15, 0.2) is 0 Å². The van der Waals surface area contributed by atoms with E-state index in [-0.39, 0.29) is 43.8 Å². The van der Waals surface area contributed by atoms with Gasteiger partial charge in [0.05, 0.1) is 11.9 Å². The minimum absolute atomic E-state index is 0.0178. The van der Waals surface area contributed by atoms with Crippen LogP contribution in [0.1, 0.15) is 37.8 Å². The van der Waals surface area contributed by atoms with Crippen LogP contribution in [-0.2, 0) is 32.6 Å². The molecule has 3 aromatic carbocycles. The molecule has 10 heteroatoms. The number of nitrogens with one attached hydrogen (secondary N) is 1. The Morgan fingerprint density at radius 2 is 1.55 bits per heavy atom. The highest BCUT2D eigenvalue weighted by molar-refractivity contribution is 9.10. The van der Waals surface area contributed by atoms with Crippen molar-refractivity contribution in [2.45, 2.75) is 51.7 Å². The van der Waals surface area contributed by atoms with E-state index in [0.29, 0.717) is 12.1 Å². The van der Waals surface area contributed by atoms with Gasteiger partial charge in [-0.25, -0.2) is 12.8 Å². The van der Waals surface area contributed by atoms with Crippen LogP contribution >= 0.6 is 15.9 Å². The van der Waals surface area contributed by atoms with E-state index in [1.165, 1.54) is 24.3 Å². The zero-order valence-electron chi connectivity index (χ0n) is 22.9. The second kappa shape index (κ2) is 14.4. The van der Waals surface area contributed by atoms with E-state index in [9.17, 15) is 22.4 Å². The molecule has 0 aliphatic heterocycles. The topological polar surface area (TPSA) is 86.8 Å². The lowest BCUT2D eigenvalue weighted by atomic mass is 10.0. The molecule has 7 nitrogen and oxygen atoms in total. The van der Waals surface area contributed by atoms with E-state index in [1.54, 1.807) is 4.90 Å². The monoisotopic (exact) mass is 631 g/mol. The largest absolute Gasteiger partial charge is 0.352 e. The van der Waals surface area contributed by atoms with Gasteiger partial charge in [-0.1, -0.05) is 58.4 Å². The van der Waals surface area contributed by atoms with Gasteiger partial charge in [0.2, 0.25) is 21.8 Å². The van der Waals surface area contributed by atoms with Gasteiger partial charge in [-0.05, 0) is 67.8 Å². The Bertz CT molecular complexity index is 1370. The minimum atomic E-state index is -3.67. The van der Waals surface area contributed by atoms with Crippen LogP contribution < -0.4 is 9.62 Å². The first-order valence-electron chi connectivity index (χ1n) is 13.1. The SMILES string of the molecule is CC(C)NC(=O)C(Cc1ccccc1)N(Cc1ccc(Br)cc1)C(=O)CCCN(c1ccc(F)cc1)S(C)(=O)=O. The highest BCUT2D eigenvalue weighted by atomic mass is 79.9. The van der Waals surface area contributed by atoms with Crippen molar-refractivity contribution in [3.63, 3.8) is 0 Å². The van der Waals surface area contributed by atoms with Crippen molar-refractivity contribution in [3.8, 4) is 0 Å². The lowest BCUT2D eigenvalue weighted by molar-refractivity contribution is -0.141. The number of hydrogen-bond acceptors (Lipinski definition) is 4. The first-order chi connectivity index (χ1) is 18.9. The number of benzene rings is 3. The number of halogens is 2. The second-order valence-corrected chi connectivity index (χ2v) is 12.8. The van der Waals surface area contributed by atoms with Gasteiger partial charge in [-0.15, -0.1) is 0 Å². The van der Waals surface area contributed by atoms with Crippen molar-refractivity contribution >= 4 is 43.5 Å². The third kappa shape index (κ3) is 9.45. The van der Waals surface area contributed by atoms with Gasteiger partial charge >= 0.3 is 0 Å². The Labute approximate surface area is 244 Å². The number of sulfonamides is 1. The van der Waals surface area contributed by atoms with E-state index in [0.717, 1.165) is 26.2 Å². The third-order valence-corrected chi connectivity index (χ3v) is 7.96. The first kappa shape index (κ1) is 31.3. The summed E-state index contributed by atoms with van der Waals surface area (Å²) >= 11 is 3.43. The molecule has 0 saturated heterocycles. The number of rotatable bonds is 13. The van der Waals surface area contributed by atoms with Crippen molar-refractivity contribution < 1.29 is 22.4 Å². The van der Waals surface area contributed by atoms with Crippen LogP contribution in [-0.4, -0.2) is 50.0 Å². The molecule has 2 amide bonds. The van der Waals surface area contributed by atoms with Gasteiger partial charge < -0.3 is 10.2 Å². The van der Waals surface area contributed by atoms with E-state index in [4.69, 9.17) is 0 Å². The third-order valence-electron chi connectivity index (χ3n) is 6.23. The van der Waals surface area contributed by atoms with Crippen LogP contribution in [0, 0.1) is 5.82 Å². The zero-order valence-corrected chi connectivity index (χ0v) is 25.3. The molecule has 0 spiro atoms. The lowest BCUT2D eigenvalue weighted by Gasteiger charge is -2.32. The molecule has 40 heavy (non-hydrogen) atoms. The van der Waals surface area contributed by atoms with E-state index < -0.39 is 21.9 Å². The predicted molar refractivity (Wildman–Crippen MR) is 160 cm³/mol. The zero-order chi connectivity index (χ0) is 29.3. The van der Waals surface area contributed by atoms with Crippen molar-refractivity contribution in [2.75, 3.05) is 17.1 Å². The fraction of sp³-hybridized carbons (Fsp3) is 0.333. The molecule has 0 heterocycles. The van der Waals surface area contributed by atoms with Crippen LogP contribution in [0.4, 0.5) is 10.1 Å². The summed E-state index contributed by atoms with van der Waals surface area (Å²) in [6.45, 7) is 3.98. The highest BCUT2D eigenvalue weighted by Gasteiger charge is 2.31. The van der Waals surface area contributed by atoms with Crippen LogP contribution in [0.15, 0.2) is 83.3 Å². The summed E-state index contributed by atoms with van der Waals surface area (Å²) in [5.41, 5.74) is 2.09. The van der Waals surface area contributed by atoms with Crippen molar-refractivity contribution in [1.29, 1.82) is 0 Å². The summed E-state index contributed by atoms with van der Waals surface area (Å²) in [7, 11) is -3.67. The summed E-state index contributed by atoms with van der Waals surface area (Å²) in [5.74, 6) is -0.996. The average Bonchev–Trinajstić information content (AvgIpc) is 2.90. The smallest absolute Gasteiger partial charge is 0.243 e. The van der Waals surface area contributed by atoms with Crippen molar-refractivity contribution in [2.24, 2.45) is 0 Å². The van der Waals surface area contributed by atoms with Crippen molar-refractivity contribution in [1.82, 2.24) is 10.2 Å².